The van der Waals surface area contributed by atoms with Crippen LogP contribution < -0.4 is 5.32 Å². The van der Waals surface area contributed by atoms with Crippen LogP contribution in [0.2, 0.25) is 0 Å². The Balaban J connectivity index is 2.15. The lowest BCUT2D eigenvalue weighted by Gasteiger charge is -2.12. The first kappa shape index (κ1) is 12.4. The van der Waals surface area contributed by atoms with Gasteiger partial charge < -0.3 is 5.32 Å². The smallest absolute Gasteiger partial charge is 0.158 e. The number of hydrogen-bond donors (Lipinski definition) is 1. The minimum atomic E-state index is 0.375. The van der Waals surface area contributed by atoms with Crippen molar-refractivity contribution >= 4 is 5.78 Å². The van der Waals surface area contributed by atoms with Crippen LogP contribution in [0.4, 0.5) is 0 Å². The zero-order valence-electron chi connectivity index (χ0n) is 10.0. The van der Waals surface area contributed by atoms with Gasteiger partial charge in [-0.3, -0.25) is 4.79 Å². The van der Waals surface area contributed by atoms with Gasteiger partial charge in [0.15, 0.2) is 5.78 Å². The molecule has 0 heterocycles. The summed E-state index contributed by atoms with van der Waals surface area (Å²) in [7, 11) is 0. The van der Waals surface area contributed by atoms with Gasteiger partial charge in [-0.25, -0.2) is 0 Å². The average Bonchev–Trinajstić information content (AvgIpc) is 2.25. The molecule has 0 aromatic heterocycles. The topological polar surface area (TPSA) is 29.1 Å². The minimum Gasteiger partial charge on any atom is -0.315 e. The summed E-state index contributed by atoms with van der Waals surface area (Å²) in [6.45, 7) is 5.22. The third kappa shape index (κ3) is 5.12. The highest BCUT2D eigenvalue weighted by Gasteiger charge is 2.11. The Bertz CT molecular complexity index is 231. The lowest BCUT2D eigenvalue weighted by Crippen LogP contribution is -2.24. The first-order valence-electron chi connectivity index (χ1n) is 6.16. The van der Waals surface area contributed by atoms with Crippen molar-refractivity contribution in [2.75, 3.05) is 6.54 Å². The maximum Gasteiger partial charge on any atom is 0.158 e. The van der Waals surface area contributed by atoms with Gasteiger partial charge in [0.2, 0.25) is 0 Å². The quantitative estimate of drug-likeness (QED) is 0.682. The molecule has 0 saturated heterocycles. The minimum absolute atomic E-state index is 0.375. The van der Waals surface area contributed by atoms with Gasteiger partial charge in [-0.2, -0.15) is 0 Å². The van der Waals surface area contributed by atoms with Crippen molar-refractivity contribution in [1.82, 2.24) is 5.32 Å². The molecule has 1 rings (SSSR count). The fourth-order valence-corrected chi connectivity index (χ4v) is 1.89. The van der Waals surface area contributed by atoms with E-state index in [1.807, 2.05) is 0 Å². The molecule has 15 heavy (non-hydrogen) atoms. The number of carbonyl (C=O) groups excluding carboxylic acids is 1. The van der Waals surface area contributed by atoms with E-state index in [9.17, 15) is 4.79 Å². The summed E-state index contributed by atoms with van der Waals surface area (Å²) < 4.78 is 0. The second-order valence-corrected chi connectivity index (χ2v) is 4.61. The van der Waals surface area contributed by atoms with Crippen molar-refractivity contribution in [2.45, 2.75) is 58.4 Å². The first-order valence-corrected chi connectivity index (χ1v) is 6.16. The summed E-state index contributed by atoms with van der Waals surface area (Å²) in [4.78, 5) is 11.7. The molecular formula is C13H23NO. The van der Waals surface area contributed by atoms with Crippen LogP contribution in [0.5, 0.6) is 0 Å². The van der Waals surface area contributed by atoms with Crippen LogP contribution in [0, 0.1) is 0 Å². The number of nitrogens with one attached hydrogen (secondary N) is 1. The standard InChI is InChI=1S/C13H23NO/c1-11(2)14-10-6-9-13(15)12-7-4-3-5-8-12/h7,11,14H,3-6,8-10H2,1-2H3. The number of rotatable bonds is 6. The summed E-state index contributed by atoms with van der Waals surface area (Å²) >= 11 is 0. The van der Waals surface area contributed by atoms with Crippen LogP contribution in [-0.4, -0.2) is 18.4 Å². The normalized spacial score (nSPS) is 16.6. The lowest BCUT2D eigenvalue weighted by molar-refractivity contribution is -0.115. The van der Waals surface area contributed by atoms with Gasteiger partial charge in [0.25, 0.3) is 0 Å². The van der Waals surface area contributed by atoms with E-state index in [1.54, 1.807) is 0 Å². The van der Waals surface area contributed by atoms with Crippen LogP contribution >= 0.6 is 0 Å². The van der Waals surface area contributed by atoms with Crippen molar-refractivity contribution in [3.8, 4) is 0 Å². The van der Waals surface area contributed by atoms with E-state index < -0.39 is 0 Å². The fourth-order valence-electron chi connectivity index (χ4n) is 1.89. The zero-order chi connectivity index (χ0) is 11.1. The molecule has 1 aliphatic carbocycles. The number of Topliss-reactive ketones (excluding diaryl/α,β-unsaturated/α-hetero) is 1. The highest BCUT2D eigenvalue weighted by molar-refractivity contribution is 5.95. The molecule has 0 spiro atoms. The van der Waals surface area contributed by atoms with Crippen molar-refractivity contribution in [3.63, 3.8) is 0 Å². The molecule has 0 bridgehead atoms. The summed E-state index contributed by atoms with van der Waals surface area (Å²) in [5.41, 5.74) is 1.09. The number of carbonyl (C=O) groups is 1. The molecule has 0 atom stereocenters. The number of ketones is 1. The Hall–Kier alpha value is -0.630. The molecule has 2 heteroatoms. The second kappa shape index (κ2) is 6.78. The van der Waals surface area contributed by atoms with Crippen molar-refractivity contribution in [3.05, 3.63) is 11.6 Å². The fraction of sp³-hybridized carbons (Fsp3) is 0.769. The Morgan fingerprint density at radius 3 is 2.87 bits per heavy atom. The molecule has 0 saturated carbocycles. The molecule has 1 N–H and O–H groups in total. The molecule has 0 radical (unpaired) electrons. The van der Waals surface area contributed by atoms with Gasteiger partial charge >= 0.3 is 0 Å². The lowest BCUT2D eigenvalue weighted by atomic mass is 9.94. The molecule has 0 fully saturated rings. The van der Waals surface area contributed by atoms with Crippen LogP contribution in [-0.2, 0) is 4.79 Å². The van der Waals surface area contributed by atoms with Crippen molar-refractivity contribution in [2.24, 2.45) is 0 Å². The van der Waals surface area contributed by atoms with Crippen LogP contribution in [0.15, 0.2) is 11.6 Å². The van der Waals surface area contributed by atoms with Gasteiger partial charge in [0, 0.05) is 12.5 Å². The van der Waals surface area contributed by atoms with E-state index in [0.29, 0.717) is 18.2 Å². The van der Waals surface area contributed by atoms with Gasteiger partial charge in [0.05, 0.1) is 0 Å². The Morgan fingerprint density at radius 2 is 2.27 bits per heavy atom. The van der Waals surface area contributed by atoms with E-state index in [0.717, 1.165) is 31.4 Å². The molecule has 0 amide bonds. The van der Waals surface area contributed by atoms with Gasteiger partial charge in [-0.15, -0.1) is 0 Å². The average molecular weight is 209 g/mol. The molecule has 86 valence electrons. The number of allylic oxidation sites excluding steroid dienone is 2. The molecule has 0 aliphatic heterocycles. The van der Waals surface area contributed by atoms with Crippen molar-refractivity contribution < 1.29 is 4.79 Å². The predicted octanol–water partition coefficient (Wildman–Crippen LogP) is 2.83. The van der Waals surface area contributed by atoms with E-state index in [2.05, 4.69) is 25.2 Å². The molecule has 2 nitrogen and oxygen atoms in total. The Labute approximate surface area is 93.1 Å². The first-order chi connectivity index (χ1) is 7.20. The monoisotopic (exact) mass is 209 g/mol. The third-order valence-electron chi connectivity index (χ3n) is 2.78. The predicted molar refractivity (Wildman–Crippen MR) is 63.9 cm³/mol. The molecule has 1 aliphatic rings. The van der Waals surface area contributed by atoms with Crippen molar-refractivity contribution in [1.29, 1.82) is 0 Å². The number of hydrogen-bond acceptors (Lipinski definition) is 2. The summed E-state index contributed by atoms with van der Waals surface area (Å²) in [5, 5.41) is 3.33. The molecule has 0 aromatic rings. The summed E-state index contributed by atoms with van der Waals surface area (Å²) in [5.74, 6) is 0.375. The highest BCUT2D eigenvalue weighted by atomic mass is 16.1. The van der Waals surface area contributed by atoms with Gasteiger partial charge in [-0.05, 0) is 44.2 Å². The highest BCUT2D eigenvalue weighted by Crippen LogP contribution is 2.19. The summed E-state index contributed by atoms with van der Waals surface area (Å²) in [6.07, 6.45) is 8.39. The van der Waals surface area contributed by atoms with E-state index in [1.165, 1.54) is 12.8 Å². The van der Waals surface area contributed by atoms with E-state index >= 15 is 0 Å². The Kier molecular flexibility index (Phi) is 5.62. The maximum atomic E-state index is 11.7. The SMILES string of the molecule is CC(C)NCCCC(=O)C1=CCCCC1. The van der Waals surface area contributed by atoms with Crippen LogP contribution in [0.1, 0.15) is 52.4 Å². The van der Waals surface area contributed by atoms with Gasteiger partial charge in [-0.1, -0.05) is 19.9 Å². The van der Waals surface area contributed by atoms with E-state index in [-0.39, 0.29) is 0 Å². The van der Waals surface area contributed by atoms with Gasteiger partial charge in [0.1, 0.15) is 0 Å². The largest absolute Gasteiger partial charge is 0.315 e. The van der Waals surface area contributed by atoms with Crippen LogP contribution in [0.3, 0.4) is 0 Å². The Morgan fingerprint density at radius 1 is 1.47 bits per heavy atom. The second-order valence-electron chi connectivity index (χ2n) is 4.61. The summed E-state index contributed by atoms with van der Waals surface area (Å²) in [6, 6.07) is 0.522. The van der Waals surface area contributed by atoms with Crippen LogP contribution in [0.25, 0.3) is 0 Å². The molecule has 0 unspecified atom stereocenters. The zero-order valence-corrected chi connectivity index (χ0v) is 10.0. The maximum absolute atomic E-state index is 11.7. The molecular weight excluding hydrogens is 186 g/mol. The van der Waals surface area contributed by atoms with E-state index in [4.69, 9.17) is 0 Å². The molecule has 0 aromatic carbocycles. The third-order valence-corrected chi connectivity index (χ3v) is 2.78.